The smallest absolute Gasteiger partial charge is 0.336 e. The van der Waals surface area contributed by atoms with E-state index < -0.39 is 12.2 Å². The van der Waals surface area contributed by atoms with Gasteiger partial charge in [-0.1, -0.05) is 0 Å². The van der Waals surface area contributed by atoms with Crippen LogP contribution < -0.4 is 5.32 Å². The molecule has 1 unspecified atom stereocenters. The molecule has 0 saturated carbocycles. The number of halogens is 3. The molecule has 11 heavy (non-hydrogen) atoms. The van der Waals surface area contributed by atoms with Gasteiger partial charge >= 0.3 is 6.18 Å². The molecule has 1 aliphatic rings. The summed E-state index contributed by atoms with van der Waals surface area (Å²) >= 11 is 0. The molecule has 1 rings (SSSR count). The highest BCUT2D eigenvalue weighted by atomic mass is 19.4. The van der Waals surface area contributed by atoms with Crippen LogP contribution in [-0.4, -0.2) is 24.5 Å². The molecule has 0 aliphatic carbocycles. The standard InChI is InChI=1S/C6H8F3NO/c7-6(8,9)5-3-4(11)1-2-10-5/h5,10H,1-3H2/p+1. The lowest BCUT2D eigenvalue weighted by Crippen LogP contribution is -2.95. The van der Waals surface area contributed by atoms with Crippen LogP contribution in [0, 0.1) is 0 Å². The Labute approximate surface area is 61.8 Å². The van der Waals surface area contributed by atoms with Crippen LogP contribution in [0.25, 0.3) is 0 Å². The summed E-state index contributed by atoms with van der Waals surface area (Å²) in [5.41, 5.74) is 0. The summed E-state index contributed by atoms with van der Waals surface area (Å²) in [5, 5.41) is 1.18. The molecule has 5 heteroatoms. The summed E-state index contributed by atoms with van der Waals surface area (Å²) < 4.78 is 35.8. The van der Waals surface area contributed by atoms with Gasteiger partial charge in [-0.05, 0) is 0 Å². The number of hydrogen-bond acceptors (Lipinski definition) is 1. The summed E-state index contributed by atoms with van der Waals surface area (Å²) in [7, 11) is 0. The molecular formula is C6H9F3NO+. The summed E-state index contributed by atoms with van der Waals surface area (Å²) in [6.45, 7) is 0.267. The third kappa shape index (κ3) is 2.18. The lowest BCUT2D eigenvalue weighted by atomic mass is 10.0. The van der Waals surface area contributed by atoms with Crippen molar-refractivity contribution in [2.24, 2.45) is 0 Å². The van der Waals surface area contributed by atoms with Crippen molar-refractivity contribution in [1.82, 2.24) is 0 Å². The first-order chi connectivity index (χ1) is 5.00. The zero-order chi connectivity index (χ0) is 8.48. The summed E-state index contributed by atoms with van der Waals surface area (Å²) in [6, 6.07) is -1.50. The number of quaternary nitrogens is 1. The van der Waals surface area contributed by atoms with Crippen molar-refractivity contribution < 1.29 is 23.3 Å². The molecule has 0 aromatic carbocycles. The highest BCUT2D eigenvalue weighted by molar-refractivity contribution is 5.79. The van der Waals surface area contributed by atoms with Gasteiger partial charge in [-0.15, -0.1) is 0 Å². The van der Waals surface area contributed by atoms with Crippen LogP contribution in [0.5, 0.6) is 0 Å². The van der Waals surface area contributed by atoms with E-state index in [0.717, 1.165) is 0 Å². The van der Waals surface area contributed by atoms with Crippen LogP contribution in [0.3, 0.4) is 0 Å². The number of rotatable bonds is 0. The molecule has 2 N–H and O–H groups in total. The quantitative estimate of drug-likeness (QED) is 0.536. The van der Waals surface area contributed by atoms with Crippen molar-refractivity contribution in [1.29, 1.82) is 0 Å². The number of nitrogens with two attached hydrogens (primary N) is 1. The highest BCUT2D eigenvalue weighted by Crippen LogP contribution is 2.21. The Morgan fingerprint density at radius 3 is 2.45 bits per heavy atom. The molecule has 1 fully saturated rings. The molecule has 0 amide bonds. The largest absolute Gasteiger partial charge is 0.441 e. The third-order valence-electron chi connectivity index (χ3n) is 1.74. The number of carbonyl (C=O) groups excluding carboxylic acids is 1. The fourth-order valence-corrected chi connectivity index (χ4v) is 1.13. The predicted octanol–water partition coefficient (Wildman–Crippen LogP) is -0.156. The fourth-order valence-electron chi connectivity index (χ4n) is 1.13. The first-order valence-corrected chi connectivity index (χ1v) is 3.42. The number of hydrogen-bond donors (Lipinski definition) is 1. The molecule has 1 saturated heterocycles. The molecule has 0 radical (unpaired) electrons. The van der Waals surface area contributed by atoms with Gasteiger partial charge in [0.1, 0.15) is 5.78 Å². The molecule has 64 valence electrons. The SMILES string of the molecule is O=C1CC[NH2+]C(C(F)(F)F)C1. The van der Waals surface area contributed by atoms with E-state index in [1.807, 2.05) is 0 Å². The van der Waals surface area contributed by atoms with Crippen LogP contribution in [0.15, 0.2) is 0 Å². The topological polar surface area (TPSA) is 33.7 Å². The molecule has 0 bridgehead atoms. The molecular weight excluding hydrogens is 159 g/mol. The fraction of sp³-hybridized carbons (Fsp3) is 0.833. The Morgan fingerprint density at radius 2 is 2.09 bits per heavy atom. The lowest BCUT2D eigenvalue weighted by Gasteiger charge is -2.21. The van der Waals surface area contributed by atoms with Crippen LogP contribution in [0.1, 0.15) is 12.8 Å². The van der Waals surface area contributed by atoms with Crippen LogP contribution in [0.2, 0.25) is 0 Å². The zero-order valence-electron chi connectivity index (χ0n) is 5.82. The van der Waals surface area contributed by atoms with E-state index in [9.17, 15) is 18.0 Å². The second-order valence-electron chi connectivity index (χ2n) is 2.67. The van der Waals surface area contributed by atoms with E-state index in [4.69, 9.17) is 0 Å². The maximum absolute atomic E-state index is 11.9. The Kier molecular flexibility index (Phi) is 2.17. The first-order valence-electron chi connectivity index (χ1n) is 3.42. The Morgan fingerprint density at radius 1 is 1.45 bits per heavy atom. The van der Waals surface area contributed by atoms with E-state index in [1.165, 1.54) is 5.32 Å². The van der Waals surface area contributed by atoms with Gasteiger partial charge < -0.3 is 5.32 Å². The maximum atomic E-state index is 11.9. The normalized spacial score (nSPS) is 27.2. The minimum Gasteiger partial charge on any atom is -0.336 e. The van der Waals surface area contributed by atoms with E-state index in [2.05, 4.69) is 0 Å². The predicted molar refractivity (Wildman–Crippen MR) is 30.9 cm³/mol. The van der Waals surface area contributed by atoms with Gasteiger partial charge in [0, 0.05) is 0 Å². The minimum absolute atomic E-state index is 0.267. The van der Waals surface area contributed by atoms with Crippen molar-refractivity contribution in [3.63, 3.8) is 0 Å². The number of piperidine rings is 1. The summed E-state index contributed by atoms with van der Waals surface area (Å²) in [4.78, 5) is 10.6. The van der Waals surface area contributed by atoms with Gasteiger partial charge in [-0.3, -0.25) is 4.79 Å². The molecule has 0 aromatic heterocycles. The van der Waals surface area contributed by atoms with E-state index in [-0.39, 0.29) is 25.2 Å². The van der Waals surface area contributed by atoms with Crippen molar-refractivity contribution in [3.8, 4) is 0 Å². The zero-order valence-corrected chi connectivity index (χ0v) is 5.82. The Balaban J connectivity index is 2.53. The van der Waals surface area contributed by atoms with Crippen molar-refractivity contribution in [2.75, 3.05) is 6.54 Å². The molecule has 1 heterocycles. The van der Waals surface area contributed by atoms with Gasteiger partial charge in [0.25, 0.3) is 0 Å². The van der Waals surface area contributed by atoms with Gasteiger partial charge in [-0.2, -0.15) is 13.2 Å². The Hall–Kier alpha value is -0.580. The van der Waals surface area contributed by atoms with Gasteiger partial charge in [0.15, 0.2) is 6.04 Å². The lowest BCUT2D eigenvalue weighted by molar-refractivity contribution is -0.715. The van der Waals surface area contributed by atoms with Crippen molar-refractivity contribution in [2.45, 2.75) is 25.1 Å². The van der Waals surface area contributed by atoms with Gasteiger partial charge in [0.2, 0.25) is 0 Å². The monoisotopic (exact) mass is 168 g/mol. The summed E-state index contributed by atoms with van der Waals surface area (Å²) in [6.07, 6.45) is -4.31. The maximum Gasteiger partial charge on any atom is 0.441 e. The average Bonchev–Trinajstić information content (AvgIpc) is 1.86. The number of alkyl halides is 3. The van der Waals surface area contributed by atoms with Crippen LogP contribution in [-0.2, 0) is 4.79 Å². The number of Topliss-reactive ketones (excluding diaryl/α,β-unsaturated/α-hetero) is 1. The molecule has 2 nitrogen and oxygen atoms in total. The van der Waals surface area contributed by atoms with Gasteiger partial charge in [0.05, 0.1) is 19.4 Å². The Bertz CT molecular complexity index is 166. The number of carbonyl (C=O) groups is 1. The first kappa shape index (κ1) is 8.52. The second kappa shape index (κ2) is 2.81. The van der Waals surface area contributed by atoms with E-state index >= 15 is 0 Å². The highest BCUT2D eigenvalue weighted by Gasteiger charge is 2.45. The van der Waals surface area contributed by atoms with E-state index in [1.54, 1.807) is 0 Å². The van der Waals surface area contributed by atoms with Crippen LogP contribution in [0.4, 0.5) is 13.2 Å². The van der Waals surface area contributed by atoms with E-state index in [0.29, 0.717) is 0 Å². The molecule has 1 atom stereocenters. The average molecular weight is 168 g/mol. The molecule has 1 aliphatic heterocycles. The van der Waals surface area contributed by atoms with Crippen LogP contribution >= 0.6 is 0 Å². The van der Waals surface area contributed by atoms with Crippen molar-refractivity contribution >= 4 is 5.78 Å². The number of ketones is 1. The third-order valence-corrected chi connectivity index (χ3v) is 1.74. The van der Waals surface area contributed by atoms with Gasteiger partial charge in [-0.25, -0.2) is 0 Å². The summed E-state index contributed by atoms with van der Waals surface area (Å²) in [5.74, 6) is -0.283. The second-order valence-corrected chi connectivity index (χ2v) is 2.67. The molecule has 0 spiro atoms. The minimum atomic E-state index is -4.23. The molecule has 0 aromatic rings. The van der Waals surface area contributed by atoms with Crippen molar-refractivity contribution in [3.05, 3.63) is 0 Å².